The molecule has 0 heterocycles. The van der Waals surface area contributed by atoms with Crippen LogP contribution in [-0.4, -0.2) is 28.9 Å². The van der Waals surface area contributed by atoms with Gasteiger partial charge in [-0.05, 0) is 23.5 Å². The van der Waals surface area contributed by atoms with E-state index in [2.05, 4.69) is 0 Å². The van der Waals surface area contributed by atoms with Crippen LogP contribution in [0.1, 0.15) is 0 Å². The van der Waals surface area contributed by atoms with Crippen molar-refractivity contribution in [3.63, 3.8) is 0 Å². The van der Waals surface area contributed by atoms with Gasteiger partial charge in [-0.25, -0.2) is 8.42 Å². The maximum atomic E-state index is 11.9. The standard InChI is InChI=1S/C4HF9O2S3/c5-2(6,7)16-1(17-3(8,9)10)18(14,15)4(11,12)13/h1H. The summed E-state index contributed by atoms with van der Waals surface area (Å²) >= 11 is -3.80. The van der Waals surface area contributed by atoms with Crippen LogP contribution < -0.4 is 0 Å². The van der Waals surface area contributed by atoms with E-state index in [0.29, 0.717) is 0 Å². The van der Waals surface area contributed by atoms with Crippen LogP contribution in [0.3, 0.4) is 0 Å². The second-order valence-electron chi connectivity index (χ2n) is 2.41. The van der Waals surface area contributed by atoms with Crippen LogP contribution in [0.15, 0.2) is 0 Å². The fraction of sp³-hybridized carbons (Fsp3) is 1.00. The van der Waals surface area contributed by atoms with Gasteiger partial charge in [0, 0.05) is 0 Å². The van der Waals surface area contributed by atoms with Crippen LogP contribution >= 0.6 is 23.5 Å². The second kappa shape index (κ2) is 5.19. The number of halogens is 9. The van der Waals surface area contributed by atoms with Gasteiger partial charge < -0.3 is 0 Å². The summed E-state index contributed by atoms with van der Waals surface area (Å²) < 4.78 is 123. The Morgan fingerprint density at radius 3 is 1.17 bits per heavy atom. The van der Waals surface area contributed by atoms with Gasteiger partial charge in [-0.15, -0.1) is 0 Å². The molecule has 0 bridgehead atoms. The highest BCUT2D eigenvalue weighted by atomic mass is 32.3. The molecule has 0 amide bonds. The van der Waals surface area contributed by atoms with Gasteiger partial charge in [-0.3, -0.25) is 0 Å². The van der Waals surface area contributed by atoms with Crippen molar-refractivity contribution in [2.75, 3.05) is 0 Å². The van der Waals surface area contributed by atoms with Crippen molar-refractivity contribution in [1.29, 1.82) is 0 Å². The lowest BCUT2D eigenvalue weighted by molar-refractivity contribution is -0.0440. The minimum Gasteiger partial charge on any atom is -0.217 e. The number of sulfone groups is 1. The molecule has 0 fully saturated rings. The normalized spacial score (nSPS) is 15.2. The average Bonchev–Trinajstić information content (AvgIpc) is 1.94. The van der Waals surface area contributed by atoms with Crippen LogP contribution in [0, 0.1) is 0 Å². The lowest BCUT2D eigenvalue weighted by Gasteiger charge is -2.20. The minimum absolute atomic E-state index is 1.90. The second-order valence-corrected chi connectivity index (χ2v) is 7.67. The van der Waals surface area contributed by atoms with E-state index in [-0.39, 0.29) is 0 Å². The summed E-state index contributed by atoms with van der Waals surface area (Å²) in [6.07, 6.45) is 0. The summed E-state index contributed by atoms with van der Waals surface area (Å²) in [7, 11) is -6.62. The Labute approximate surface area is 102 Å². The molecular formula is C4HF9O2S3. The molecule has 0 rings (SSSR count). The summed E-state index contributed by atoms with van der Waals surface area (Å²) in [5.74, 6) is 0. The van der Waals surface area contributed by atoms with E-state index in [9.17, 15) is 47.9 Å². The first kappa shape index (κ1) is 18.0. The van der Waals surface area contributed by atoms with E-state index < -0.39 is 53.8 Å². The molecule has 0 N–H and O–H groups in total. The quantitative estimate of drug-likeness (QED) is 0.575. The molecule has 0 saturated heterocycles. The average molecular weight is 348 g/mol. The number of hydrogen-bond donors (Lipinski definition) is 0. The molecular weight excluding hydrogens is 347 g/mol. The summed E-state index contributed by atoms with van der Waals surface area (Å²) in [6, 6.07) is 0. The molecule has 0 aliphatic carbocycles. The zero-order chi connectivity index (χ0) is 15.0. The lowest BCUT2D eigenvalue weighted by Crippen LogP contribution is -2.33. The maximum Gasteiger partial charge on any atom is 0.499 e. The van der Waals surface area contributed by atoms with Gasteiger partial charge >= 0.3 is 16.5 Å². The van der Waals surface area contributed by atoms with E-state index in [0.717, 1.165) is 0 Å². The number of alkyl halides is 9. The van der Waals surface area contributed by atoms with Crippen LogP contribution in [0.2, 0.25) is 0 Å². The SMILES string of the molecule is O=S(=O)(C(SC(F)(F)F)SC(F)(F)F)C(F)(F)F. The topological polar surface area (TPSA) is 34.1 Å². The van der Waals surface area contributed by atoms with Crippen molar-refractivity contribution in [3.8, 4) is 0 Å². The fourth-order valence-corrected chi connectivity index (χ4v) is 4.30. The molecule has 0 atom stereocenters. The zero-order valence-electron chi connectivity index (χ0n) is 7.52. The van der Waals surface area contributed by atoms with Crippen LogP contribution in [0.4, 0.5) is 39.5 Å². The Kier molecular flexibility index (Phi) is 5.19. The van der Waals surface area contributed by atoms with Crippen LogP contribution in [0.25, 0.3) is 0 Å². The first-order valence-corrected chi connectivity index (χ1v) is 6.66. The molecule has 0 aromatic heterocycles. The van der Waals surface area contributed by atoms with Crippen molar-refractivity contribution in [1.82, 2.24) is 0 Å². The maximum absolute atomic E-state index is 11.9. The molecule has 0 radical (unpaired) electrons. The molecule has 14 heteroatoms. The van der Waals surface area contributed by atoms with Gasteiger partial charge in [0.1, 0.15) is 0 Å². The van der Waals surface area contributed by atoms with Crippen LogP contribution in [-0.2, 0) is 9.84 Å². The summed E-state index contributed by atoms with van der Waals surface area (Å²) in [6.45, 7) is 0. The summed E-state index contributed by atoms with van der Waals surface area (Å²) in [5, 5.41) is 0. The highest BCUT2D eigenvalue weighted by Gasteiger charge is 2.57. The largest absolute Gasteiger partial charge is 0.499 e. The van der Waals surface area contributed by atoms with Crippen molar-refractivity contribution in [2.24, 2.45) is 0 Å². The molecule has 0 aromatic rings. The minimum atomic E-state index is -6.62. The number of hydrogen-bond acceptors (Lipinski definition) is 4. The van der Waals surface area contributed by atoms with Crippen LogP contribution in [0.5, 0.6) is 0 Å². The third-order valence-electron chi connectivity index (χ3n) is 1.04. The Morgan fingerprint density at radius 2 is 1.00 bits per heavy atom. The van der Waals surface area contributed by atoms with Crippen molar-refractivity contribution >= 4 is 33.4 Å². The molecule has 0 aromatic carbocycles. The zero-order valence-corrected chi connectivity index (χ0v) is 9.97. The smallest absolute Gasteiger partial charge is 0.217 e. The van der Waals surface area contributed by atoms with E-state index in [1.165, 1.54) is 0 Å². The first-order chi connectivity index (χ1) is 7.56. The third-order valence-corrected chi connectivity index (χ3v) is 5.78. The van der Waals surface area contributed by atoms with Gasteiger partial charge in [0.25, 0.3) is 9.84 Å². The Bertz CT molecular complexity index is 360. The van der Waals surface area contributed by atoms with Crippen molar-refractivity contribution < 1.29 is 47.9 Å². The first-order valence-electron chi connectivity index (χ1n) is 3.35. The molecule has 0 unspecified atom stereocenters. The number of thioether (sulfide) groups is 2. The van der Waals surface area contributed by atoms with E-state index >= 15 is 0 Å². The summed E-state index contributed by atoms with van der Waals surface area (Å²) in [4.78, 5) is 0. The van der Waals surface area contributed by atoms with Crippen molar-refractivity contribution in [3.05, 3.63) is 0 Å². The van der Waals surface area contributed by atoms with Crippen molar-refractivity contribution in [2.45, 2.75) is 20.4 Å². The molecule has 0 aliphatic heterocycles. The molecule has 0 spiro atoms. The lowest BCUT2D eigenvalue weighted by atomic mass is 11.5. The molecule has 110 valence electrons. The monoisotopic (exact) mass is 348 g/mol. The third kappa shape index (κ3) is 5.77. The predicted molar refractivity (Wildman–Crippen MR) is 46.1 cm³/mol. The Morgan fingerprint density at radius 1 is 0.722 bits per heavy atom. The van der Waals surface area contributed by atoms with Gasteiger partial charge in [0.2, 0.25) is 0 Å². The number of rotatable bonds is 3. The van der Waals surface area contributed by atoms with E-state index in [1.807, 2.05) is 0 Å². The summed E-state index contributed by atoms with van der Waals surface area (Å²) in [5.41, 5.74) is -17.4. The Hall–Kier alpha value is 0.0200. The van der Waals surface area contributed by atoms with Gasteiger partial charge in [0.05, 0.1) is 0 Å². The fourth-order valence-electron chi connectivity index (χ4n) is 0.478. The molecule has 2 nitrogen and oxygen atoms in total. The Balaban J connectivity index is 5.37. The van der Waals surface area contributed by atoms with E-state index in [4.69, 9.17) is 0 Å². The molecule has 0 aliphatic rings. The molecule has 18 heavy (non-hydrogen) atoms. The van der Waals surface area contributed by atoms with Gasteiger partial charge in [-0.2, -0.15) is 39.5 Å². The highest BCUT2D eigenvalue weighted by molar-refractivity contribution is 8.30. The predicted octanol–water partition coefficient (Wildman–Crippen LogP) is 3.71. The van der Waals surface area contributed by atoms with E-state index in [1.54, 1.807) is 0 Å². The molecule has 0 saturated carbocycles. The highest BCUT2D eigenvalue weighted by Crippen LogP contribution is 2.50. The van der Waals surface area contributed by atoms with Gasteiger partial charge in [0.15, 0.2) is 3.91 Å². The van der Waals surface area contributed by atoms with Gasteiger partial charge in [-0.1, -0.05) is 0 Å².